The first-order chi connectivity index (χ1) is 14.1. The molecule has 4 heterocycles. The number of nitrogens with zero attached hydrogens (tertiary/aromatic N) is 6. The Bertz CT molecular complexity index is 1190. The van der Waals surface area contributed by atoms with Gasteiger partial charge < -0.3 is 14.0 Å². The molecule has 7 heteroatoms. The highest BCUT2D eigenvalue weighted by molar-refractivity contribution is 5.94. The molecule has 0 radical (unpaired) electrons. The van der Waals surface area contributed by atoms with Crippen molar-refractivity contribution in [2.24, 2.45) is 7.05 Å². The van der Waals surface area contributed by atoms with Crippen molar-refractivity contribution in [2.75, 3.05) is 6.54 Å². The molecule has 1 aliphatic heterocycles. The summed E-state index contributed by atoms with van der Waals surface area (Å²) in [5, 5.41) is 9.82. The molecule has 1 aliphatic rings. The van der Waals surface area contributed by atoms with Crippen LogP contribution in [0.5, 0.6) is 0 Å². The normalized spacial score (nSPS) is 16.2. The van der Waals surface area contributed by atoms with Crippen LogP contribution in [-0.2, 0) is 20.0 Å². The van der Waals surface area contributed by atoms with Crippen LogP contribution in [0.1, 0.15) is 40.7 Å². The van der Waals surface area contributed by atoms with E-state index in [0.29, 0.717) is 18.8 Å². The van der Waals surface area contributed by atoms with Gasteiger partial charge in [0.1, 0.15) is 17.2 Å². The number of aryl methyl sites for hydroxylation is 1. The molecule has 7 nitrogen and oxygen atoms in total. The second-order valence-electron chi connectivity index (χ2n) is 7.64. The minimum absolute atomic E-state index is 0.0705. The Balaban J connectivity index is 1.40. The minimum atomic E-state index is -0.0705. The molecule has 5 rings (SSSR count). The van der Waals surface area contributed by atoms with Crippen LogP contribution < -0.4 is 0 Å². The van der Waals surface area contributed by atoms with Crippen molar-refractivity contribution in [3.8, 4) is 0 Å². The first-order valence-corrected chi connectivity index (χ1v) is 9.78. The average Bonchev–Trinajstić information content (AvgIpc) is 3.32. The van der Waals surface area contributed by atoms with Crippen LogP contribution in [-0.4, -0.2) is 41.7 Å². The summed E-state index contributed by atoms with van der Waals surface area (Å²) in [5.74, 6) is 1.69. The summed E-state index contributed by atoms with van der Waals surface area (Å²) >= 11 is 0. The van der Waals surface area contributed by atoms with Crippen molar-refractivity contribution in [3.63, 3.8) is 0 Å². The van der Waals surface area contributed by atoms with Crippen molar-refractivity contribution in [1.29, 1.82) is 0 Å². The number of fused-ring (bicyclic) bond motifs is 2. The first kappa shape index (κ1) is 17.6. The van der Waals surface area contributed by atoms with Gasteiger partial charge in [0.05, 0.1) is 12.6 Å². The average molecular weight is 386 g/mol. The summed E-state index contributed by atoms with van der Waals surface area (Å²) < 4.78 is 4.10. The van der Waals surface area contributed by atoms with Gasteiger partial charge in [0.25, 0.3) is 5.91 Å². The van der Waals surface area contributed by atoms with Gasteiger partial charge in [0, 0.05) is 31.6 Å². The maximum atomic E-state index is 13.1. The van der Waals surface area contributed by atoms with Gasteiger partial charge in [0.15, 0.2) is 5.82 Å². The van der Waals surface area contributed by atoms with Crippen LogP contribution in [0.15, 0.2) is 54.7 Å². The number of hydrogen-bond acceptors (Lipinski definition) is 4. The number of aromatic nitrogens is 5. The highest BCUT2D eigenvalue weighted by atomic mass is 16.2. The summed E-state index contributed by atoms with van der Waals surface area (Å²) in [6.07, 6.45) is 2.68. The highest BCUT2D eigenvalue weighted by Gasteiger charge is 2.30. The zero-order valence-corrected chi connectivity index (χ0v) is 16.5. The molecule has 0 bridgehead atoms. The maximum absolute atomic E-state index is 13.1. The van der Waals surface area contributed by atoms with E-state index in [1.165, 1.54) is 5.56 Å². The van der Waals surface area contributed by atoms with Gasteiger partial charge >= 0.3 is 0 Å². The Kier molecular flexibility index (Phi) is 4.16. The van der Waals surface area contributed by atoms with Crippen molar-refractivity contribution in [2.45, 2.75) is 25.9 Å². The zero-order chi connectivity index (χ0) is 20.0. The Morgan fingerprint density at radius 1 is 1.10 bits per heavy atom. The number of amides is 1. The van der Waals surface area contributed by atoms with Gasteiger partial charge in [-0.3, -0.25) is 4.79 Å². The topological polar surface area (TPSA) is 68.8 Å². The summed E-state index contributed by atoms with van der Waals surface area (Å²) in [6.45, 7) is 3.16. The van der Waals surface area contributed by atoms with E-state index in [1.807, 2.05) is 53.0 Å². The second-order valence-corrected chi connectivity index (χ2v) is 7.64. The fourth-order valence-electron chi connectivity index (χ4n) is 4.08. The summed E-state index contributed by atoms with van der Waals surface area (Å²) in [4.78, 5) is 19.5. The lowest BCUT2D eigenvalue weighted by molar-refractivity contribution is 0.0674. The van der Waals surface area contributed by atoms with E-state index < -0.39 is 0 Å². The van der Waals surface area contributed by atoms with Gasteiger partial charge in [-0.25, -0.2) is 4.98 Å². The lowest BCUT2D eigenvalue weighted by atomic mass is 10.1. The van der Waals surface area contributed by atoms with Crippen molar-refractivity contribution < 1.29 is 4.79 Å². The first-order valence-electron chi connectivity index (χ1n) is 9.78. The third-order valence-corrected chi connectivity index (χ3v) is 5.52. The van der Waals surface area contributed by atoms with Crippen LogP contribution in [0.25, 0.3) is 11.0 Å². The molecule has 0 spiro atoms. The fraction of sp³-hybridized carbons (Fsp3) is 0.273. The largest absolute Gasteiger partial charge is 0.336 e. The van der Waals surface area contributed by atoms with Crippen molar-refractivity contribution in [3.05, 3.63) is 77.6 Å². The van der Waals surface area contributed by atoms with Crippen LogP contribution in [0.3, 0.4) is 0 Å². The molecule has 0 saturated carbocycles. The molecule has 0 saturated heterocycles. The van der Waals surface area contributed by atoms with E-state index in [4.69, 9.17) is 0 Å². The van der Waals surface area contributed by atoms with Crippen LogP contribution in [0.4, 0.5) is 0 Å². The van der Waals surface area contributed by atoms with Gasteiger partial charge in [-0.1, -0.05) is 30.3 Å². The smallest absolute Gasteiger partial charge is 0.273 e. The molecule has 3 aromatic heterocycles. The van der Waals surface area contributed by atoms with E-state index in [-0.39, 0.29) is 11.9 Å². The second kappa shape index (κ2) is 6.84. The number of carbonyl (C=O) groups excluding carboxylic acids is 1. The summed E-state index contributed by atoms with van der Waals surface area (Å²) in [6, 6.07) is 16.1. The van der Waals surface area contributed by atoms with E-state index >= 15 is 0 Å². The molecule has 29 heavy (non-hydrogen) atoms. The van der Waals surface area contributed by atoms with E-state index in [9.17, 15) is 4.79 Å². The van der Waals surface area contributed by atoms with Gasteiger partial charge in [-0.15, -0.1) is 10.2 Å². The molecule has 0 N–H and O–H groups in total. The molecule has 0 aliphatic carbocycles. The quantitative estimate of drug-likeness (QED) is 0.543. The van der Waals surface area contributed by atoms with Crippen LogP contribution >= 0.6 is 0 Å². The van der Waals surface area contributed by atoms with Gasteiger partial charge in [0.2, 0.25) is 0 Å². The molecule has 4 aromatic rings. The predicted molar refractivity (Wildman–Crippen MR) is 109 cm³/mol. The lowest BCUT2D eigenvalue weighted by Gasteiger charge is -2.32. The molecule has 1 atom stereocenters. The number of carbonyl (C=O) groups is 1. The molecule has 0 fully saturated rings. The number of hydrogen-bond donors (Lipinski definition) is 0. The Morgan fingerprint density at radius 2 is 1.93 bits per heavy atom. The SMILES string of the molecule is C[C@H]1CN(C(=O)c2ccc3ccn(C)c3n2)Cc2nnc(Cc3ccccc3)n21. The molecule has 146 valence electrons. The Hall–Kier alpha value is -3.48. The third-order valence-electron chi connectivity index (χ3n) is 5.52. The van der Waals surface area contributed by atoms with E-state index in [2.05, 4.69) is 38.8 Å². The van der Waals surface area contributed by atoms with Crippen molar-refractivity contribution in [1.82, 2.24) is 29.2 Å². The molecule has 1 aromatic carbocycles. The van der Waals surface area contributed by atoms with Gasteiger partial charge in [-0.05, 0) is 30.7 Å². The Labute approximate surface area is 168 Å². The van der Waals surface area contributed by atoms with E-state index in [0.717, 1.165) is 29.1 Å². The summed E-state index contributed by atoms with van der Waals surface area (Å²) in [5.41, 5.74) is 2.48. The highest BCUT2D eigenvalue weighted by Crippen LogP contribution is 2.24. The number of pyridine rings is 1. The number of benzene rings is 1. The van der Waals surface area contributed by atoms with Crippen LogP contribution in [0.2, 0.25) is 0 Å². The minimum Gasteiger partial charge on any atom is -0.336 e. The monoisotopic (exact) mass is 386 g/mol. The Morgan fingerprint density at radius 3 is 2.76 bits per heavy atom. The number of rotatable bonds is 3. The predicted octanol–water partition coefficient (Wildman–Crippen LogP) is 2.97. The van der Waals surface area contributed by atoms with Crippen molar-refractivity contribution >= 4 is 16.9 Å². The fourth-order valence-corrected chi connectivity index (χ4v) is 4.08. The standard InChI is InChI=1S/C22H22N6O/c1-15-13-27(22(29)18-9-8-17-10-11-26(2)21(17)23-18)14-20-25-24-19(28(15)20)12-16-6-4-3-5-7-16/h3-11,15H,12-14H2,1-2H3/t15-/m0/s1. The lowest BCUT2D eigenvalue weighted by Crippen LogP contribution is -2.41. The molecular formula is C22H22N6O. The van der Waals surface area contributed by atoms with Crippen LogP contribution in [0, 0.1) is 0 Å². The molecule has 1 amide bonds. The van der Waals surface area contributed by atoms with E-state index in [1.54, 1.807) is 6.07 Å². The zero-order valence-electron chi connectivity index (χ0n) is 16.5. The summed E-state index contributed by atoms with van der Waals surface area (Å²) in [7, 11) is 1.93. The van der Waals surface area contributed by atoms with Gasteiger partial charge in [-0.2, -0.15) is 0 Å². The third kappa shape index (κ3) is 3.08. The maximum Gasteiger partial charge on any atom is 0.273 e. The molecular weight excluding hydrogens is 364 g/mol. The molecule has 0 unspecified atom stereocenters.